The maximum atomic E-state index is 11.8. The van der Waals surface area contributed by atoms with Crippen LogP contribution in [0.2, 0.25) is 5.15 Å². The Balaban J connectivity index is 2.72. The number of amides is 1. The maximum Gasteiger partial charge on any atom is 0.251 e. The van der Waals surface area contributed by atoms with Crippen LogP contribution in [0.4, 0.5) is 0 Å². The Kier molecular flexibility index (Phi) is 4.74. The number of carbonyl (C=O) groups is 1. The Morgan fingerprint density at radius 2 is 2.25 bits per heavy atom. The summed E-state index contributed by atoms with van der Waals surface area (Å²) < 4.78 is 0. The molecule has 0 saturated heterocycles. The number of carbonyl (C=O) groups excluding carboxylic acids is 1. The molecule has 1 amide bonds. The van der Waals surface area contributed by atoms with E-state index in [1.165, 1.54) is 0 Å². The minimum Gasteiger partial charge on any atom is -0.350 e. The molecular formula is C12H17ClN2O. The smallest absolute Gasteiger partial charge is 0.251 e. The number of nitrogens with one attached hydrogen (secondary N) is 1. The number of rotatable bonds is 4. The largest absolute Gasteiger partial charge is 0.350 e. The summed E-state index contributed by atoms with van der Waals surface area (Å²) in [7, 11) is 0. The van der Waals surface area contributed by atoms with Crippen molar-refractivity contribution in [1.29, 1.82) is 0 Å². The molecule has 0 aliphatic heterocycles. The number of hydrogen-bond donors (Lipinski definition) is 1. The predicted molar refractivity (Wildman–Crippen MR) is 65.8 cm³/mol. The molecule has 1 atom stereocenters. The lowest BCUT2D eigenvalue weighted by Crippen LogP contribution is -2.32. The van der Waals surface area contributed by atoms with E-state index in [1.807, 2.05) is 13.8 Å². The van der Waals surface area contributed by atoms with Gasteiger partial charge in [0.05, 0.1) is 0 Å². The molecule has 88 valence electrons. The average molecular weight is 241 g/mol. The zero-order valence-electron chi connectivity index (χ0n) is 9.88. The summed E-state index contributed by atoms with van der Waals surface area (Å²) >= 11 is 5.80. The van der Waals surface area contributed by atoms with Crippen LogP contribution in [0.25, 0.3) is 0 Å². The molecule has 1 unspecified atom stereocenters. The van der Waals surface area contributed by atoms with E-state index in [-0.39, 0.29) is 11.9 Å². The first kappa shape index (κ1) is 13.0. The third kappa shape index (κ3) is 3.81. The molecule has 1 aromatic rings. The minimum absolute atomic E-state index is 0.0895. The van der Waals surface area contributed by atoms with Crippen molar-refractivity contribution in [2.45, 2.75) is 39.7 Å². The van der Waals surface area contributed by atoms with Gasteiger partial charge in [-0.25, -0.2) is 4.98 Å². The highest BCUT2D eigenvalue weighted by atomic mass is 35.5. The summed E-state index contributed by atoms with van der Waals surface area (Å²) in [6, 6.07) is 3.51. The van der Waals surface area contributed by atoms with E-state index in [9.17, 15) is 4.79 Å². The molecule has 0 aliphatic rings. The second-order valence-electron chi connectivity index (χ2n) is 3.98. The van der Waals surface area contributed by atoms with Crippen LogP contribution in [0.5, 0.6) is 0 Å². The van der Waals surface area contributed by atoms with Crippen molar-refractivity contribution in [3.63, 3.8) is 0 Å². The molecule has 0 aliphatic carbocycles. The highest BCUT2D eigenvalue weighted by Crippen LogP contribution is 2.10. The van der Waals surface area contributed by atoms with Crippen molar-refractivity contribution >= 4 is 17.5 Å². The van der Waals surface area contributed by atoms with Crippen LogP contribution >= 0.6 is 11.6 Å². The molecule has 0 bridgehead atoms. The van der Waals surface area contributed by atoms with Gasteiger partial charge in [-0.15, -0.1) is 0 Å². The maximum absolute atomic E-state index is 11.8. The molecule has 0 fully saturated rings. The van der Waals surface area contributed by atoms with E-state index in [4.69, 9.17) is 11.6 Å². The molecule has 1 N–H and O–H groups in total. The van der Waals surface area contributed by atoms with Gasteiger partial charge in [-0.05, 0) is 32.4 Å². The van der Waals surface area contributed by atoms with Crippen molar-refractivity contribution < 1.29 is 4.79 Å². The van der Waals surface area contributed by atoms with Crippen LogP contribution in [-0.4, -0.2) is 16.9 Å². The zero-order valence-corrected chi connectivity index (χ0v) is 10.6. The fourth-order valence-electron chi connectivity index (χ4n) is 1.57. The Labute approximate surface area is 101 Å². The van der Waals surface area contributed by atoms with Crippen LogP contribution in [0, 0.1) is 6.92 Å². The number of aryl methyl sites for hydroxylation is 1. The van der Waals surface area contributed by atoms with Gasteiger partial charge in [0.15, 0.2) is 0 Å². The van der Waals surface area contributed by atoms with E-state index in [0.29, 0.717) is 10.7 Å². The highest BCUT2D eigenvalue weighted by molar-refractivity contribution is 6.29. The number of halogens is 1. The Hall–Kier alpha value is -1.09. The number of nitrogens with zero attached hydrogens (tertiary/aromatic N) is 1. The van der Waals surface area contributed by atoms with Crippen LogP contribution in [0.1, 0.15) is 42.7 Å². The van der Waals surface area contributed by atoms with Gasteiger partial charge in [-0.1, -0.05) is 24.9 Å². The van der Waals surface area contributed by atoms with Gasteiger partial charge in [0.2, 0.25) is 0 Å². The molecule has 1 heterocycles. The fourth-order valence-corrected chi connectivity index (χ4v) is 1.82. The third-order valence-corrected chi connectivity index (χ3v) is 2.48. The molecule has 4 heteroatoms. The summed E-state index contributed by atoms with van der Waals surface area (Å²) in [4.78, 5) is 15.9. The van der Waals surface area contributed by atoms with Crippen LogP contribution in [0.15, 0.2) is 12.1 Å². The molecule has 1 aromatic heterocycles. The predicted octanol–water partition coefficient (Wildman–Crippen LogP) is 2.96. The summed E-state index contributed by atoms with van der Waals surface area (Å²) in [6.45, 7) is 5.91. The first-order chi connectivity index (χ1) is 7.52. The van der Waals surface area contributed by atoms with Crippen molar-refractivity contribution in [3.8, 4) is 0 Å². The average Bonchev–Trinajstić information content (AvgIpc) is 2.16. The Morgan fingerprint density at radius 1 is 1.56 bits per heavy atom. The van der Waals surface area contributed by atoms with E-state index >= 15 is 0 Å². The van der Waals surface area contributed by atoms with E-state index < -0.39 is 0 Å². The lowest BCUT2D eigenvalue weighted by Gasteiger charge is -2.12. The van der Waals surface area contributed by atoms with Gasteiger partial charge in [-0.3, -0.25) is 4.79 Å². The lowest BCUT2D eigenvalue weighted by atomic mass is 10.1. The van der Waals surface area contributed by atoms with Crippen LogP contribution in [-0.2, 0) is 0 Å². The SMILES string of the molecule is CCCC(C)NC(=O)c1cc(C)nc(Cl)c1. The second kappa shape index (κ2) is 5.85. The quantitative estimate of drug-likeness (QED) is 0.823. The normalized spacial score (nSPS) is 12.2. The van der Waals surface area contributed by atoms with Gasteiger partial charge >= 0.3 is 0 Å². The third-order valence-electron chi connectivity index (χ3n) is 2.28. The van der Waals surface area contributed by atoms with Crippen molar-refractivity contribution in [3.05, 3.63) is 28.5 Å². The molecule has 1 rings (SSSR count). The van der Waals surface area contributed by atoms with Gasteiger partial charge < -0.3 is 5.32 Å². The molecule has 0 aromatic carbocycles. The van der Waals surface area contributed by atoms with Crippen molar-refractivity contribution in [1.82, 2.24) is 10.3 Å². The summed E-state index contributed by atoms with van der Waals surface area (Å²) in [5, 5.41) is 3.28. The van der Waals surface area contributed by atoms with Crippen LogP contribution in [0.3, 0.4) is 0 Å². The van der Waals surface area contributed by atoms with Crippen molar-refractivity contribution in [2.24, 2.45) is 0 Å². The minimum atomic E-state index is -0.0895. The van der Waals surface area contributed by atoms with Crippen LogP contribution < -0.4 is 5.32 Å². The Morgan fingerprint density at radius 3 is 2.81 bits per heavy atom. The topological polar surface area (TPSA) is 42.0 Å². The molecule has 3 nitrogen and oxygen atoms in total. The number of hydrogen-bond acceptors (Lipinski definition) is 2. The number of aromatic nitrogens is 1. The van der Waals surface area contributed by atoms with Crippen molar-refractivity contribution in [2.75, 3.05) is 0 Å². The zero-order chi connectivity index (χ0) is 12.1. The molecular weight excluding hydrogens is 224 g/mol. The summed E-state index contributed by atoms with van der Waals surface area (Å²) in [6.07, 6.45) is 2.03. The van der Waals surface area contributed by atoms with E-state index in [1.54, 1.807) is 12.1 Å². The first-order valence-electron chi connectivity index (χ1n) is 5.48. The Bertz CT molecular complexity index is 359. The molecule has 0 saturated carbocycles. The van der Waals surface area contributed by atoms with E-state index in [0.717, 1.165) is 18.5 Å². The van der Waals surface area contributed by atoms with Gasteiger partial charge in [0, 0.05) is 17.3 Å². The monoisotopic (exact) mass is 240 g/mol. The van der Waals surface area contributed by atoms with E-state index in [2.05, 4.69) is 17.2 Å². The first-order valence-corrected chi connectivity index (χ1v) is 5.85. The number of pyridine rings is 1. The summed E-state index contributed by atoms with van der Waals surface area (Å²) in [5.74, 6) is -0.0895. The summed E-state index contributed by atoms with van der Waals surface area (Å²) in [5.41, 5.74) is 1.32. The molecule has 0 radical (unpaired) electrons. The second-order valence-corrected chi connectivity index (χ2v) is 4.37. The fraction of sp³-hybridized carbons (Fsp3) is 0.500. The molecule has 16 heavy (non-hydrogen) atoms. The standard InChI is InChI=1S/C12H17ClN2O/c1-4-5-8(2)15-12(16)10-6-9(3)14-11(13)7-10/h6-8H,4-5H2,1-3H3,(H,15,16). The van der Waals surface area contributed by atoms with Gasteiger partial charge in [-0.2, -0.15) is 0 Å². The molecule has 0 spiro atoms. The lowest BCUT2D eigenvalue weighted by molar-refractivity contribution is 0.0938. The van der Waals surface area contributed by atoms with Gasteiger partial charge in [0.25, 0.3) is 5.91 Å². The van der Waals surface area contributed by atoms with Gasteiger partial charge in [0.1, 0.15) is 5.15 Å². The highest BCUT2D eigenvalue weighted by Gasteiger charge is 2.10.